The van der Waals surface area contributed by atoms with Crippen molar-refractivity contribution in [3.63, 3.8) is 0 Å². The number of aryl methyl sites for hydroxylation is 1. The number of ether oxygens (including phenoxy) is 1. The number of methoxy groups -OCH3 is 1. The highest BCUT2D eigenvalue weighted by Gasteiger charge is 2.19. The number of unbranched alkanes of at least 4 members (excludes halogenated alkanes) is 1. The smallest absolute Gasteiger partial charge is 0.151 e. The van der Waals surface area contributed by atoms with Gasteiger partial charge in [-0.15, -0.1) is 0 Å². The Morgan fingerprint density at radius 2 is 1.97 bits per heavy atom. The highest BCUT2D eigenvalue weighted by Crippen LogP contribution is 2.32. The van der Waals surface area contributed by atoms with Crippen molar-refractivity contribution in [1.29, 1.82) is 0 Å². The van der Waals surface area contributed by atoms with Crippen LogP contribution in [0.2, 0.25) is 0 Å². The molecular formula is C30H35N7O. The molecule has 1 saturated heterocycles. The van der Waals surface area contributed by atoms with Crippen molar-refractivity contribution in [1.82, 2.24) is 29.3 Å². The average Bonchev–Trinajstić information content (AvgIpc) is 3.53. The number of piperidine rings is 1. The minimum atomic E-state index is 0.377. The summed E-state index contributed by atoms with van der Waals surface area (Å²) in [5, 5.41) is 10.5. The van der Waals surface area contributed by atoms with E-state index in [9.17, 15) is 0 Å². The van der Waals surface area contributed by atoms with Crippen LogP contribution in [-0.4, -0.2) is 62.1 Å². The van der Waals surface area contributed by atoms with Gasteiger partial charge in [-0.05, 0) is 68.5 Å². The minimum Gasteiger partial charge on any atom is -0.382 e. The maximum Gasteiger partial charge on any atom is 0.151 e. The van der Waals surface area contributed by atoms with Crippen molar-refractivity contribution < 1.29 is 4.74 Å². The van der Waals surface area contributed by atoms with Gasteiger partial charge in [0.1, 0.15) is 11.8 Å². The van der Waals surface area contributed by atoms with Gasteiger partial charge in [0.2, 0.25) is 0 Å². The summed E-state index contributed by atoms with van der Waals surface area (Å²) in [5.74, 6) is 0.495. The number of rotatable bonds is 9. The molecule has 6 rings (SSSR count). The number of aromatic nitrogens is 5. The zero-order valence-electron chi connectivity index (χ0n) is 22.0. The Bertz CT molecular complexity index is 1520. The van der Waals surface area contributed by atoms with Gasteiger partial charge in [-0.25, -0.2) is 9.50 Å². The zero-order chi connectivity index (χ0) is 25.9. The second-order valence-electron chi connectivity index (χ2n) is 10.3. The van der Waals surface area contributed by atoms with E-state index in [0.29, 0.717) is 11.9 Å². The molecule has 1 fully saturated rings. The van der Waals surface area contributed by atoms with Crippen LogP contribution in [0.5, 0.6) is 0 Å². The molecule has 0 radical (unpaired) electrons. The molecule has 4 heterocycles. The molecule has 196 valence electrons. The first kappa shape index (κ1) is 24.6. The Morgan fingerprint density at radius 3 is 2.84 bits per heavy atom. The van der Waals surface area contributed by atoms with E-state index in [-0.39, 0.29) is 0 Å². The number of hydrogen-bond donors (Lipinski definition) is 1. The molecule has 0 spiro atoms. The number of nitrogens with two attached hydrogens (primary N) is 1. The molecule has 0 saturated carbocycles. The molecule has 38 heavy (non-hydrogen) atoms. The molecule has 0 amide bonds. The van der Waals surface area contributed by atoms with Crippen LogP contribution < -0.4 is 5.73 Å². The molecule has 1 atom stereocenters. The normalized spacial score (nSPS) is 16.5. The number of nitrogens with zero attached hydrogens (tertiary/aromatic N) is 6. The van der Waals surface area contributed by atoms with Crippen molar-refractivity contribution in [3.8, 4) is 11.1 Å². The van der Waals surface area contributed by atoms with E-state index in [1.165, 1.54) is 24.9 Å². The van der Waals surface area contributed by atoms with E-state index in [0.717, 1.165) is 72.1 Å². The van der Waals surface area contributed by atoms with Crippen LogP contribution in [0.3, 0.4) is 0 Å². The van der Waals surface area contributed by atoms with Crippen molar-refractivity contribution in [3.05, 3.63) is 78.4 Å². The fourth-order valence-corrected chi connectivity index (χ4v) is 5.67. The first-order chi connectivity index (χ1) is 18.7. The Labute approximate surface area is 223 Å². The standard InChI is InChI=1S/C30H35N7O/c1-38-26-11-7-15-35(20-26)14-6-5-10-25-17-27(29-30(31)32-21-33-37(25)29)23-12-13-24-19-36(34-28(24)16-23)18-22-8-3-2-4-9-22/h2-4,8-9,12-13,16-17,19,21,26H,5-7,10-11,14-15,18,20H2,1H3,(H2,31,32,33). The number of likely N-dealkylation sites (tertiary alicyclic amines) is 1. The SMILES string of the molecule is COC1CCCN(CCCCc2cc(-c3ccc4cn(Cc5ccccc5)nc4c3)c3c(N)ncnn23)C1. The lowest BCUT2D eigenvalue weighted by atomic mass is 10.0. The van der Waals surface area contributed by atoms with Gasteiger partial charge in [0.25, 0.3) is 0 Å². The lowest BCUT2D eigenvalue weighted by Crippen LogP contribution is -2.39. The molecule has 1 unspecified atom stereocenters. The monoisotopic (exact) mass is 509 g/mol. The van der Waals surface area contributed by atoms with Gasteiger partial charge in [-0.2, -0.15) is 10.2 Å². The summed E-state index contributed by atoms with van der Waals surface area (Å²) in [5.41, 5.74) is 12.7. The highest BCUT2D eigenvalue weighted by atomic mass is 16.5. The summed E-state index contributed by atoms with van der Waals surface area (Å²) in [4.78, 5) is 6.83. The van der Waals surface area contributed by atoms with Crippen LogP contribution in [0.25, 0.3) is 27.5 Å². The maximum atomic E-state index is 6.38. The molecule has 8 nitrogen and oxygen atoms in total. The third kappa shape index (κ3) is 5.14. The number of anilines is 1. The van der Waals surface area contributed by atoms with E-state index in [1.54, 1.807) is 6.33 Å². The molecule has 2 aromatic carbocycles. The third-order valence-corrected chi connectivity index (χ3v) is 7.66. The quantitative estimate of drug-likeness (QED) is 0.287. The fraction of sp³-hybridized carbons (Fsp3) is 0.367. The van der Waals surface area contributed by atoms with Crippen LogP contribution in [-0.2, 0) is 17.7 Å². The van der Waals surface area contributed by atoms with Gasteiger partial charge < -0.3 is 15.4 Å². The van der Waals surface area contributed by atoms with E-state index in [4.69, 9.17) is 15.6 Å². The van der Waals surface area contributed by atoms with E-state index in [2.05, 4.69) is 69.7 Å². The Morgan fingerprint density at radius 1 is 1.08 bits per heavy atom. The van der Waals surface area contributed by atoms with Gasteiger partial charge in [0.15, 0.2) is 5.82 Å². The number of fused-ring (bicyclic) bond motifs is 2. The topological polar surface area (TPSA) is 86.5 Å². The summed E-state index contributed by atoms with van der Waals surface area (Å²) in [6, 6.07) is 19.0. The van der Waals surface area contributed by atoms with Crippen LogP contribution in [0.1, 0.15) is 36.9 Å². The van der Waals surface area contributed by atoms with Crippen molar-refractivity contribution in [2.45, 2.75) is 44.8 Å². The predicted octanol–water partition coefficient (Wildman–Crippen LogP) is 4.81. The summed E-state index contributed by atoms with van der Waals surface area (Å²) < 4.78 is 9.55. The first-order valence-electron chi connectivity index (χ1n) is 13.6. The molecule has 3 aromatic heterocycles. The van der Waals surface area contributed by atoms with Gasteiger partial charge in [0.05, 0.1) is 18.2 Å². The van der Waals surface area contributed by atoms with Crippen LogP contribution in [0, 0.1) is 0 Å². The van der Waals surface area contributed by atoms with Crippen molar-refractivity contribution in [2.75, 3.05) is 32.5 Å². The lowest BCUT2D eigenvalue weighted by Gasteiger charge is -2.31. The Balaban J connectivity index is 1.21. The molecule has 1 aliphatic rings. The Kier molecular flexibility index (Phi) is 7.07. The summed E-state index contributed by atoms with van der Waals surface area (Å²) in [7, 11) is 1.82. The van der Waals surface area contributed by atoms with Gasteiger partial charge in [-0.1, -0.05) is 42.5 Å². The lowest BCUT2D eigenvalue weighted by molar-refractivity contribution is 0.0309. The van der Waals surface area contributed by atoms with E-state index >= 15 is 0 Å². The second-order valence-corrected chi connectivity index (χ2v) is 10.3. The van der Waals surface area contributed by atoms with Crippen LogP contribution >= 0.6 is 0 Å². The number of nitrogen functional groups attached to an aromatic ring is 1. The first-order valence-corrected chi connectivity index (χ1v) is 13.6. The van der Waals surface area contributed by atoms with E-state index in [1.807, 2.05) is 22.4 Å². The molecule has 1 aliphatic heterocycles. The summed E-state index contributed by atoms with van der Waals surface area (Å²) in [6.45, 7) is 4.07. The van der Waals surface area contributed by atoms with Gasteiger partial charge in [-0.3, -0.25) is 4.68 Å². The maximum absolute atomic E-state index is 6.38. The predicted molar refractivity (Wildman–Crippen MR) is 151 cm³/mol. The van der Waals surface area contributed by atoms with Gasteiger partial charge >= 0.3 is 0 Å². The molecule has 5 aromatic rings. The van der Waals surface area contributed by atoms with Gasteiger partial charge in [0, 0.05) is 36.5 Å². The van der Waals surface area contributed by atoms with E-state index < -0.39 is 0 Å². The van der Waals surface area contributed by atoms with Crippen molar-refractivity contribution in [2.24, 2.45) is 0 Å². The van der Waals surface area contributed by atoms with Crippen molar-refractivity contribution >= 4 is 22.2 Å². The summed E-state index contributed by atoms with van der Waals surface area (Å²) >= 11 is 0. The molecular weight excluding hydrogens is 474 g/mol. The minimum absolute atomic E-state index is 0.377. The molecule has 2 N–H and O–H groups in total. The third-order valence-electron chi connectivity index (χ3n) is 7.66. The Hall–Kier alpha value is -3.75. The largest absolute Gasteiger partial charge is 0.382 e. The second kappa shape index (κ2) is 10.9. The van der Waals surface area contributed by atoms with Crippen LogP contribution in [0.15, 0.2) is 67.1 Å². The summed E-state index contributed by atoms with van der Waals surface area (Å²) in [6.07, 6.45) is 9.58. The number of benzene rings is 2. The highest BCUT2D eigenvalue weighted by molar-refractivity contribution is 5.92. The molecule has 0 aliphatic carbocycles. The van der Waals surface area contributed by atoms with Crippen LogP contribution in [0.4, 0.5) is 5.82 Å². The molecule has 8 heteroatoms. The number of hydrogen-bond acceptors (Lipinski definition) is 6. The zero-order valence-corrected chi connectivity index (χ0v) is 22.0. The average molecular weight is 510 g/mol. The fourth-order valence-electron chi connectivity index (χ4n) is 5.67. The molecule has 0 bridgehead atoms.